The number of pyridine rings is 1. The van der Waals surface area contributed by atoms with Gasteiger partial charge in [0.05, 0.1) is 17.8 Å². The summed E-state index contributed by atoms with van der Waals surface area (Å²) in [6, 6.07) is 14.5. The van der Waals surface area contributed by atoms with Crippen molar-refractivity contribution in [1.82, 2.24) is 14.8 Å². The third kappa shape index (κ3) is 5.24. The summed E-state index contributed by atoms with van der Waals surface area (Å²) in [7, 11) is 1.87. The van der Waals surface area contributed by atoms with Crippen LogP contribution in [0.2, 0.25) is 5.02 Å². The van der Waals surface area contributed by atoms with Crippen LogP contribution in [-0.4, -0.2) is 67.7 Å². The summed E-state index contributed by atoms with van der Waals surface area (Å²) in [5.74, 6) is -0.688. The smallest absolute Gasteiger partial charge is 0.345 e. The van der Waals surface area contributed by atoms with E-state index < -0.39 is 5.97 Å². The first-order valence-electron chi connectivity index (χ1n) is 12.2. The van der Waals surface area contributed by atoms with Gasteiger partial charge < -0.3 is 24.4 Å². The van der Waals surface area contributed by atoms with Crippen LogP contribution in [-0.2, 0) is 11.3 Å². The Balaban J connectivity index is 1.70. The number of nitrogens with one attached hydrogen (secondary N) is 1. The number of hydrogen-bond acceptors (Lipinski definition) is 6. The van der Waals surface area contributed by atoms with Gasteiger partial charge in [0.2, 0.25) is 0 Å². The highest BCUT2D eigenvalue weighted by Gasteiger charge is 2.30. The molecule has 0 unspecified atom stereocenters. The molecule has 0 saturated carbocycles. The summed E-state index contributed by atoms with van der Waals surface area (Å²) in [5.41, 5.74) is 1.64. The maximum Gasteiger partial charge on any atom is 0.345 e. The largest absolute Gasteiger partial charge is 0.462 e. The van der Waals surface area contributed by atoms with Crippen molar-refractivity contribution in [2.24, 2.45) is 0 Å². The van der Waals surface area contributed by atoms with Crippen molar-refractivity contribution in [3.63, 3.8) is 0 Å². The molecule has 1 aromatic heterocycles. The third-order valence-corrected chi connectivity index (χ3v) is 6.66. The Bertz CT molecular complexity index is 1300. The second-order valence-corrected chi connectivity index (χ2v) is 9.10. The lowest BCUT2D eigenvalue weighted by molar-refractivity contribution is 0.0523. The van der Waals surface area contributed by atoms with E-state index >= 15 is 0 Å². The summed E-state index contributed by atoms with van der Waals surface area (Å²) in [6.45, 7) is 5.03. The van der Waals surface area contributed by atoms with E-state index in [2.05, 4.69) is 5.32 Å². The normalized spacial score (nSPS) is 13.8. The van der Waals surface area contributed by atoms with E-state index in [1.807, 2.05) is 36.2 Å². The average molecular weight is 511 g/mol. The number of para-hydroxylation sites is 1. The predicted octanol–water partition coefficient (Wildman–Crippen LogP) is 3.40. The molecule has 2 aromatic carbocycles. The fraction of sp³-hybridized carbons (Fsp3) is 0.370. The van der Waals surface area contributed by atoms with Gasteiger partial charge in [0.15, 0.2) is 0 Å². The highest BCUT2D eigenvalue weighted by molar-refractivity contribution is 6.30. The third-order valence-electron chi connectivity index (χ3n) is 6.41. The van der Waals surface area contributed by atoms with Gasteiger partial charge in [-0.15, -0.1) is 0 Å². The lowest BCUT2D eigenvalue weighted by atomic mass is 10.1. The number of hydrogen-bond donors (Lipinski definition) is 1. The number of benzene rings is 2. The van der Waals surface area contributed by atoms with Crippen LogP contribution >= 0.6 is 11.6 Å². The van der Waals surface area contributed by atoms with E-state index in [4.69, 9.17) is 16.3 Å². The highest BCUT2D eigenvalue weighted by Crippen LogP contribution is 2.31. The fourth-order valence-electron chi connectivity index (χ4n) is 4.65. The van der Waals surface area contributed by atoms with Gasteiger partial charge in [-0.25, -0.2) is 4.79 Å². The summed E-state index contributed by atoms with van der Waals surface area (Å²) in [4.78, 5) is 43.6. The quantitative estimate of drug-likeness (QED) is 0.369. The van der Waals surface area contributed by atoms with Crippen molar-refractivity contribution in [1.29, 1.82) is 0 Å². The van der Waals surface area contributed by atoms with Crippen LogP contribution in [0.15, 0.2) is 53.3 Å². The molecule has 4 rings (SSSR count). The molecule has 2 heterocycles. The Kier molecular flexibility index (Phi) is 8.28. The number of halogens is 1. The van der Waals surface area contributed by atoms with Gasteiger partial charge >= 0.3 is 5.97 Å². The van der Waals surface area contributed by atoms with Gasteiger partial charge in [0.1, 0.15) is 5.56 Å². The van der Waals surface area contributed by atoms with E-state index in [1.54, 1.807) is 40.7 Å². The molecule has 0 atom stereocenters. The molecule has 9 heteroatoms. The molecule has 36 heavy (non-hydrogen) atoms. The molecule has 1 fully saturated rings. The molecule has 0 bridgehead atoms. The lowest BCUT2D eigenvalue weighted by Gasteiger charge is -2.37. The summed E-state index contributed by atoms with van der Waals surface area (Å²) in [6.07, 6.45) is 0.744. The molecule has 0 spiro atoms. The monoisotopic (exact) mass is 510 g/mol. The van der Waals surface area contributed by atoms with E-state index in [1.165, 1.54) is 0 Å². The minimum atomic E-state index is -0.620. The van der Waals surface area contributed by atoms with Crippen LogP contribution in [0.5, 0.6) is 0 Å². The van der Waals surface area contributed by atoms with Gasteiger partial charge in [-0.1, -0.05) is 29.8 Å². The molecule has 190 valence electrons. The van der Waals surface area contributed by atoms with Crippen LogP contribution < -0.4 is 15.8 Å². The molecule has 8 nitrogen and oxygen atoms in total. The van der Waals surface area contributed by atoms with Crippen LogP contribution in [0.4, 0.5) is 5.69 Å². The number of fused-ring (bicyclic) bond motifs is 1. The van der Waals surface area contributed by atoms with Crippen LogP contribution in [0.1, 0.15) is 34.1 Å². The molecule has 1 saturated heterocycles. The molecule has 0 radical (unpaired) electrons. The van der Waals surface area contributed by atoms with E-state index in [9.17, 15) is 14.4 Å². The number of rotatable bonds is 8. The highest BCUT2D eigenvalue weighted by atomic mass is 35.5. The number of ether oxygens (including phenoxy) is 1. The van der Waals surface area contributed by atoms with Crippen LogP contribution in [0.3, 0.4) is 0 Å². The lowest BCUT2D eigenvalue weighted by Crippen LogP contribution is -2.49. The zero-order chi connectivity index (χ0) is 25.7. The average Bonchev–Trinajstić information content (AvgIpc) is 2.90. The number of amides is 1. The summed E-state index contributed by atoms with van der Waals surface area (Å²) >= 11 is 5.96. The first-order chi connectivity index (χ1) is 17.5. The maximum absolute atomic E-state index is 13.7. The maximum atomic E-state index is 13.7. The van der Waals surface area contributed by atoms with Crippen molar-refractivity contribution in [3.05, 3.63) is 75.0 Å². The van der Waals surface area contributed by atoms with Crippen LogP contribution in [0.25, 0.3) is 10.9 Å². The second-order valence-electron chi connectivity index (χ2n) is 8.66. The number of carbonyl (C=O) groups excluding carboxylic acids is 2. The summed E-state index contributed by atoms with van der Waals surface area (Å²) < 4.78 is 7.00. The van der Waals surface area contributed by atoms with E-state index in [0.717, 1.165) is 23.9 Å². The molecule has 1 aliphatic heterocycles. The van der Waals surface area contributed by atoms with Gasteiger partial charge in [-0.2, -0.15) is 0 Å². The topological polar surface area (TPSA) is 83.9 Å². The molecule has 1 amide bonds. The van der Waals surface area contributed by atoms with Gasteiger partial charge in [0, 0.05) is 48.7 Å². The predicted molar refractivity (Wildman–Crippen MR) is 142 cm³/mol. The molecule has 0 aliphatic carbocycles. The van der Waals surface area contributed by atoms with Crippen molar-refractivity contribution in [2.75, 3.05) is 51.3 Å². The van der Waals surface area contributed by atoms with Crippen molar-refractivity contribution in [2.45, 2.75) is 19.9 Å². The Morgan fingerprint density at radius 1 is 1.03 bits per heavy atom. The van der Waals surface area contributed by atoms with Crippen LogP contribution in [0, 0.1) is 0 Å². The molecular weight excluding hydrogens is 480 g/mol. The van der Waals surface area contributed by atoms with Gasteiger partial charge in [-0.3, -0.25) is 9.59 Å². The zero-order valence-corrected chi connectivity index (χ0v) is 21.4. The number of esters is 1. The number of aromatic nitrogens is 1. The van der Waals surface area contributed by atoms with Crippen molar-refractivity contribution >= 4 is 40.1 Å². The Hall–Kier alpha value is -3.36. The molecular formula is C27H31ClN4O4. The Morgan fingerprint density at radius 2 is 1.72 bits per heavy atom. The first-order valence-corrected chi connectivity index (χ1v) is 12.6. The number of piperazine rings is 1. The van der Waals surface area contributed by atoms with Crippen molar-refractivity contribution < 1.29 is 14.3 Å². The van der Waals surface area contributed by atoms with Crippen molar-refractivity contribution in [3.8, 4) is 0 Å². The van der Waals surface area contributed by atoms with Gasteiger partial charge in [-0.05, 0) is 57.3 Å². The first kappa shape index (κ1) is 25.7. The Labute approximate surface area is 215 Å². The van der Waals surface area contributed by atoms with E-state index in [-0.39, 0.29) is 23.6 Å². The minimum absolute atomic E-state index is 0.0532. The van der Waals surface area contributed by atoms with Gasteiger partial charge in [0.25, 0.3) is 11.5 Å². The minimum Gasteiger partial charge on any atom is -0.462 e. The molecule has 1 aliphatic rings. The number of carbonyl (C=O) groups is 2. The number of aryl methyl sites for hydroxylation is 1. The standard InChI is InChI=1S/C27H31ClN4O4/c1-3-36-27(35)23-24(21-7-4-5-8-22(21)32(26(23)34)14-6-13-29-2)30-15-17-31(18-16-30)25(33)19-9-11-20(28)12-10-19/h4-5,7-12,29H,3,6,13-18H2,1-2H3. The summed E-state index contributed by atoms with van der Waals surface area (Å²) in [5, 5.41) is 4.50. The number of anilines is 1. The molecule has 1 N–H and O–H groups in total. The fourth-order valence-corrected chi connectivity index (χ4v) is 4.78. The second kappa shape index (κ2) is 11.6. The molecule has 3 aromatic rings. The SMILES string of the molecule is CCOC(=O)c1c(N2CCN(C(=O)c3ccc(Cl)cc3)CC2)c2ccccc2n(CCCNC)c1=O. The Morgan fingerprint density at radius 3 is 2.39 bits per heavy atom. The zero-order valence-electron chi connectivity index (χ0n) is 20.6. The number of nitrogens with zero attached hydrogens (tertiary/aromatic N) is 3. The van der Waals surface area contributed by atoms with E-state index in [0.29, 0.717) is 49.0 Å².